The first-order chi connectivity index (χ1) is 4.72. The maximum Gasteiger partial charge on any atom is 0.121 e. The standard InChI is InChI=1S/C8H11FO/c1-4-5-8(6-10-3)7(2)9/h4-5H,1-2,6H2,3H3/b8-5-. The van der Waals surface area contributed by atoms with Crippen LogP contribution in [0.15, 0.2) is 36.7 Å². The van der Waals surface area contributed by atoms with E-state index in [1.54, 1.807) is 0 Å². The third kappa shape index (κ3) is 3.20. The third-order valence-electron chi connectivity index (χ3n) is 0.967. The molecule has 0 aliphatic carbocycles. The van der Waals surface area contributed by atoms with Gasteiger partial charge in [-0.15, -0.1) is 0 Å². The van der Waals surface area contributed by atoms with Crippen LogP contribution in [0.5, 0.6) is 0 Å². The topological polar surface area (TPSA) is 9.23 Å². The molecule has 0 unspecified atom stereocenters. The van der Waals surface area contributed by atoms with E-state index in [-0.39, 0.29) is 6.61 Å². The van der Waals surface area contributed by atoms with Gasteiger partial charge in [-0.25, -0.2) is 4.39 Å². The Morgan fingerprint density at radius 3 is 2.60 bits per heavy atom. The number of halogens is 1. The average molecular weight is 142 g/mol. The molecule has 56 valence electrons. The largest absolute Gasteiger partial charge is 0.380 e. The van der Waals surface area contributed by atoms with Crippen LogP contribution in [0.3, 0.4) is 0 Å². The van der Waals surface area contributed by atoms with Gasteiger partial charge in [0, 0.05) is 12.7 Å². The van der Waals surface area contributed by atoms with Crippen LogP contribution in [0, 0.1) is 0 Å². The molecule has 0 aromatic rings. The Balaban J connectivity index is 4.11. The van der Waals surface area contributed by atoms with E-state index in [4.69, 9.17) is 4.74 Å². The van der Waals surface area contributed by atoms with Crippen LogP contribution < -0.4 is 0 Å². The Bertz CT molecular complexity index is 159. The van der Waals surface area contributed by atoms with Crippen molar-refractivity contribution in [2.45, 2.75) is 0 Å². The van der Waals surface area contributed by atoms with Gasteiger partial charge < -0.3 is 4.74 Å². The van der Waals surface area contributed by atoms with Crippen molar-refractivity contribution < 1.29 is 9.13 Å². The molecule has 2 heteroatoms. The summed E-state index contributed by atoms with van der Waals surface area (Å²) in [5.41, 5.74) is 0.428. The Labute approximate surface area is 60.5 Å². The van der Waals surface area contributed by atoms with Crippen LogP contribution >= 0.6 is 0 Å². The Morgan fingerprint density at radius 1 is 1.70 bits per heavy atom. The molecule has 0 saturated heterocycles. The van der Waals surface area contributed by atoms with Crippen molar-refractivity contribution in [1.82, 2.24) is 0 Å². The zero-order valence-corrected chi connectivity index (χ0v) is 6.06. The first-order valence-corrected chi connectivity index (χ1v) is 2.87. The maximum absolute atomic E-state index is 12.3. The van der Waals surface area contributed by atoms with Crippen LogP contribution in [0.2, 0.25) is 0 Å². The number of rotatable bonds is 4. The molecule has 0 bridgehead atoms. The van der Waals surface area contributed by atoms with Gasteiger partial charge in [-0.3, -0.25) is 0 Å². The van der Waals surface area contributed by atoms with Crippen molar-refractivity contribution in [3.8, 4) is 0 Å². The zero-order chi connectivity index (χ0) is 7.98. The molecule has 0 aromatic heterocycles. The molecule has 0 aliphatic rings. The highest BCUT2D eigenvalue weighted by Crippen LogP contribution is 2.08. The highest BCUT2D eigenvalue weighted by molar-refractivity contribution is 5.26. The zero-order valence-electron chi connectivity index (χ0n) is 6.06. The van der Waals surface area contributed by atoms with Crippen LogP contribution in [0.1, 0.15) is 0 Å². The van der Waals surface area contributed by atoms with Gasteiger partial charge in [0.15, 0.2) is 0 Å². The lowest BCUT2D eigenvalue weighted by Crippen LogP contribution is -1.93. The highest BCUT2D eigenvalue weighted by Gasteiger charge is 1.97. The van der Waals surface area contributed by atoms with Gasteiger partial charge in [-0.1, -0.05) is 25.3 Å². The third-order valence-corrected chi connectivity index (χ3v) is 0.967. The van der Waals surface area contributed by atoms with E-state index in [1.807, 2.05) is 0 Å². The van der Waals surface area contributed by atoms with Gasteiger partial charge in [0.25, 0.3) is 0 Å². The molecule has 0 N–H and O–H groups in total. The summed E-state index contributed by atoms with van der Waals surface area (Å²) in [5, 5.41) is 0. The van der Waals surface area contributed by atoms with E-state index >= 15 is 0 Å². The van der Waals surface area contributed by atoms with Crippen LogP contribution in [-0.4, -0.2) is 13.7 Å². The smallest absolute Gasteiger partial charge is 0.121 e. The fourth-order valence-electron chi connectivity index (χ4n) is 0.515. The Morgan fingerprint density at radius 2 is 2.30 bits per heavy atom. The summed E-state index contributed by atoms with van der Waals surface area (Å²) < 4.78 is 17.1. The van der Waals surface area contributed by atoms with E-state index in [0.29, 0.717) is 5.57 Å². The molecule has 0 heterocycles. The summed E-state index contributed by atoms with van der Waals surface area (Å²) in [7, 11) is 1.50. The van der Waals surface area contributed by atoms with Gasteiger partial charge in [0.05, 0.1) is 6.61 Å². The fourth-order valence-corrected chi connectivity index (χ4v) is 0.515. The number of hydrogen-bond acceptors (Lipinski definition) is 1. The van der Waals surface area contributed by atoms with Gasteiger partial charge in [-0.2, -0.15) is 0 Å². The molecular formula is C8H11FO. The predicted molar refractivity (Wildman–Crippen MR) is 40.4 cm³/mol. The first kappa shape index (κ1) is 9.11. The highest BCUT2D eigenvalue weighted by atomic mass is 19.1. The average Bonchev–Trinajstić information content (AvgIpc) is 1.87. The lowest BCUT2D eigenvalue weighted by Gasteiger charge is -1.99. The first-order valence-electron chi connectivity index (χ1n) is 2.87. The summed E-state index contributed by atoms with van der Waals surface area (Å²) in [4.78, 5) is 0. The lowest BCUT2D eigenvalue weighted by atomic mass is 10.2. The van der Waals surface area contributed by atoms with E-state index in [0.717, 1.165) is 0 Å². The monoisotopic (exact) mass is 142 g/mol. The van der Waals surface area contributed by atoms with Gasteiger partial charge >= 0.3 is 0 Å². The fraction of sp³-hybridized carbons (Fsp3) is 0.250. The molecule has 0 amide bonds. The predicted octanol–water partition coefficient (Wildman–Crippen LogP) is 2.23. The molecule has 0 aromatic carbocycles. The van der Waals surface area contributed by atoms with E-state index in [9.17, 15) is 4.39 Å². The van der Waals surface area contributed by atoms with Crippen LogP contribution in [0.4, 0.5) is 4.39 Å². The second-order valence-corrected chi connectivity index (χ2v) is 1.77. The minimum absolute atomic E-state index is 0.237. The second-order valence-electron chi connectivity index (χ2n) is 1.77. The number of allylic oxidation sites excluding steroid dienone is 2. The number of hydrogen-bond donors (Lipinski definition) is 0. The summed E-state index contributed by atoms with van der Waals surface area (Å²) in [6.07, 6.45) is 3.03. The molecule has 0 spiro atoms. The molecule has 0 fully saturated rings. The van der Waals surface area contributed by atoms with E-state index < -0.39 is 5.83 Å². The van der Waals surface area contributed by atoms with Gasteiger partial charge in [-0.05, 0) is 0 Å². The van der Waals surface area contributed by atoms with Crippen molar-refractivity contribution in [3.63, 3.8) is 0 Å². The summed E-state index contributed by atoms with van der Waals surface area (Å²) in [6.45, 7) is 6.79. The summed E-state index contributed by atoms with van der Waals surface area (Å²) >= 11 is 0. The summed E-state index contributed by atoms with van der Waals surface area (Å²) in [6, 6.07) is 0. The molecule has 0 radical (unpaired) electrons. The van der Waals surface area contributed by atoms with Crippen LogP contribution in [-0.2, 0) is 4.74 Å². The second kappa shape index (κ2) is 4.94. The maximum atomic E-state index is 12.3. The SMILES string of the molecule is C=C/C=C(/COC)C(=C)F. The Hall–Kier alpha value is -0.890. The Kier molecular flexibility index (Phi) is 4.50. The quantitative estimate of drug-likeness (QED) is 0.547. The van der Waals surface area contributed by atoms with Crippen molar-refractivity contribution >= 4 is 0 Å². The van der Waals surface area contributed by atoms with Gasteiger partial charge in [0.2, 0.25) is 0 Å². The van der Waals surface area contributed by atoms with E-state index in [2.05, 4.69) is 13.2 Å². The van der Waals surface area contributed by atoms with Crippen molar-refractivity contribution in [2.24, 2.45) is 0 Å². The minimum atomic E-state index is -0.471. The molecule has 10 heavy (non-hydrogen) atoms. The number of ether oxygens (including phenoxy) is 1. The van der Waals surface area contributed by atoms with Crippen molar-refractivity contribution in [3.05, 3.63) is 36.7 Å². The number of methoxy groups -OCH3 is 1. The molecular weight excluding hydrogens is 131 g/mol. The molecule has 1 nitrogen and oxygen atoms in total. The molecule has 0 aliphatic heterocycles. The lowest BCUT2D eigenvalue weighted by molar-refractivity contribution is 0.224. The normalized spacial score (nSPS) is 11.2. The molecule has 0 atom stereocenters. The van der Waals surface area contributed by atoms with Crippen LogP contribution in [0.25, 0.3) is 0 Å². The van der Waals surface area contributed by atoms with Gasteiger partial charge in [0.1, 0.15) is 5.83 Å². The summed E-state index contributed by atoms with van der Waals surface area (Å²) in [5.74, 6) is -0.471. The van der Waals surface area contributed by atoms with E-state index in [1.165, 1.54) is 19.3 Å². The molecule has 0 saturated carbocycles. The van der Waals surface area contributed by atoms with Crippen molar-refractivity contribution in [1.29, 1.82) is 0 Å². The molecule has 0 rings (SSSR count). The minimum Gasteiger partial charge on any atom is -0.380 e. The van der Waals surface area contributed by atoms with Crippen molar-refractivity contribution in [2.75, 3.05) is 13.7 Å².